The van der Waals surface area contributed by atoms with Gasteiger partial charge in [0.1, 0.15) is 0 Å². The molecule has 1 saturated heterocycles. The number of carbonyl (C=O) groups excluding carboxylic acids is 1. The topological polar surface area (TPSA) is 48.0 Å². The van der Waals surface area contributed by atoms with E-state index in [-0.39, 0.29) is 24.8 Å². The molecule has 1 amide bonds. The number of ether oxygens (including phenoxy) is 3. The van der Waals surface area contributed by atoms with E-state index in [1.165, 1.54) is 19.3 Å². The highest BCUT2D eigenvalue weighted by Gasteiger charge is 2.50. The molecule has 2 aliphatic carbocycles. The zero-order valence-corrected chi connectivity index (χ0v) is 13.1. The van der Waals surface area contributed by atoms with Crippen LogP contribution in [0, 0.1) is 11.8 Å². The highest BCUT2D eigenvalue weighted by Crippen LogP contribution is 2.42. The Labute approximate surface area is 135 Å². The molecule has 5 heteroatoms. The van der Waals surface area contributed by atoms with E-state index in [0.717, 1.165) is 31.2 Å². The second-order valence-electron chi connectivity index (χ2n) is 7.17. The van der Waals surface area contributed by atoms with Crippen molar-refractivity contribution < 1.29 is 19.0 Å². The number of hydrogen-bond donors (Lipinski definition) is 0. The lowest BCUT2D eigenvalue weighted by molar-refractivity contribution is 0.0208. The van der Waals surface area contributed by atoms with Crippen LogP contribution >= 0.6 is 0 Å². The summed E-state index contributed by atoms with van der Waals surface area (Å²) in [5.74, 6) is 2.76. The van der Waals surface area contributed by atoms with E-state index in [4.69, 9.17) is 14.2 Å². The first-order valence-corrected chi connectivity index (χ1v) is 8.62. The van der Waals surface area contributed by atoms with Gasteiger partial charge in [0.05, 0.1) is 12.1 Å². The molecule has 3 atom stereocenters. The van der Waals surface area contributed by atoms with E-state index >= 15 is 0 Å². The van der Waals surface area contributed by atoms with E-state index in [2.05, 4.69) is 0 Å². The molecule has 3 fully saturated rings. The molecular weight excluding hydrogens is 294 g/mol. The molecule has 2 heterocycles. The number of likely N-dealkylation sites (tertiary alicyclic amines) is 1. The molecule has 0 aromatic heterocycles. The number of benzene rings is 1. The molecule has 0 radical (unpaired) electrons. The number of nitrogens with zero attached hydrogens (tertiary/aromatic N) is 1. The van der Waals surface area contributed by atoms with Gasteiger partial charge in [-0.15, -0.1) is 0 Å². The fraction of sp³-hybridized carbons (Fsp3) is 0.611. The van der Waals surface area contributed by atoms with Gasteiger partial charge in [0.25, 0.3) is 5.91 Å². The van der Waals surface area contributed by atoms with Crippen LogP contribution < -0.4 is 9.47 Å². The summed E-state index contributed by atoms with van der Waals surface area (Å²) in [6.07, 6.45) is 5.11. The normalized spacial score (nSPS) is 31.0. The zero-order valence-electron chi connectivity index (χ0n) is 13.1. The van der Waals surface area contributed by atoms with Gasteiger partial charge in [-0.2, -0.15) is 0 Å². The Balaban J connectivity index is 1.32. The minimum absolute atomic E-state index is 0.0931. The van der Waals surface area contributed by atoms with Crippen LogP contribution in [0.1, 0.15) is 36.0 Å². The van der Waals surface area contributed by atoms with Gasteiger partial charge < -0.3 is 19.1 Å². The van der Waals surface area contributed by atoms with Gasteiger partial charge in [0, 0.05) is 24.6 Å². The van der Waals surface area contributed by atoms with Crippen molar-refractivity contribution in [2.24, 2.45) is 11.8 Å². The van der Waals surface area contributed by atoms with Crippen LogP contribution in [0.15, 0.2) is 18.2 Å². The second kappa shape index (κ2) is 5.13. The largest absolute Gasteiger partial charge is 0.454 e. The molecule has 2 aliphatic heterocycles. The van der Waals surface area contributed by atoms with Crippen molar-refractivity contribution in [3.63, 3.8) is 0 Å². The summed E-state index contributed by atoms with van der Waals surface area (Å²) in [5, 5.41) is 0. The smallest absolute Gasteiger partial charge is 0.254 e. The van der Waals surface area contributed by atoms with Gasteiger partial charge in [0.2, 0.25) is 6.79 Å². The van der Waals surface area contributed by atoms with Crippen LogP contribution in [-0.4, -0.2) is 42.9 Å². The number of amides is 1. The van der Waals surface area contributed by atoms with E-state index < -0.39 is 0 Å². The van der Waals surface area contributed by atoms with Crippen molar-refractivity contribution in [3.8, 4) is 11.5 Å². The van der Waals surface area contributed by atoms with Gasteiger partial charge in [-0.25, -0.2) is 0 Å². The third kappa shape index (κ3) is 2.29. The SMILES string of the molecule is O=C(c1ccc2c(c1)OCO2)N1CC2CCC1C2OCC1CC1. The molecule has 2 saturated carbocycles. The van der Waals surface area contributed by atoms with E-state index in [1.54, 1.807) is 6.07 Å². The van der Waals surface area contributed by atoms with Gasteiger partial charge in [-0.3, -0.25) is 4.79 Å². The number of fused-ring (bicyclic) bond motifs is 3. The van der Waals surface area contributed by atoms with Crippen molar-refractivity contribution in [1.82, 2.24) is 4.90 Å². The van der Waals surface area contributed by atoms with E-state index in [1.807, 2.05) is 17.0 Å². The van der Waals surface area contributed by atoms with Crippen LogP contribution in [0.25, 0.3) is 0 Å². The lowest BCUT2D eigenvalue weighted by Crippen LogP contribution is -2.40. The summed E-state index contributed by atoms with van der Waals surface area (Å²) in [6, 6.07) is 5.71. The van der Waals surface area contributed by atoms with Crippen molar-refractivity contribution in [2.75, 3.05) is 19.9 Å². The first kappa shape index (κ1) is 13.7. The van der Waals surface area contributed by atoms with Crippen molar-refractivity contribution in [2.45, 2.75) is 37.8 Å². The van der Waals surface area contributed by atoms with Crippen LogP contribution in [0.2, 0.25) is 0 Å². The maximum atomic E-state index is 12.9. The number of carbonyl (C=O) groups is 1. The first-order chi connectivity index (χ1) is 11.3. The Hall–Kier alpha value is -1.75. The summed E-state index contributed by atoms with van der Waals surface area (Å²) >= 11 is 0. The Morgan fingerprint density at radius 2 is 2.04 bits per heavy atom. The van der Waals surface area contributed by atoms with Gasteiger partial charge in [-0.05, 0) is 49.8 Å². The predicted octanol–water partition coefficient (Wildman–Crippen LogP) is 2.44. The van der Waals surface area contributed by atoms with Crippen molar-refractivity contribution in [1.29, 1.82) is 0 Å². The lowest BCUT2D eigenvalue weighted by atomic mass is 10.1. The van der Waals surface area contributed by atoms with E-state index in [9.17, 15) is 4.79 Å². The number of piperidine rings is 1. The molecule has 122 valence electrons. The minimum Gasteiger partial charge on any atom is -0.454 e. The summed E-state index contributed by atoms with van der Waals surface area (Å²) < 4.78 is 16.9. The third-order valence-corrected chi connectivity index (χ3v) is 5.61. The fourth-order valence-electron chi connectivity index (χ4n) is 4.15. The Morgan fingerprint density at radius 3 is 2.91 bits per heavy atom. The molecule has 4 aliphatic rings. The van der Waals surface area contributed by atoms with Crippen LogP contribution in [0.3, 0.4) is 0 Å². The van der Waals surface area contributed by atoms with Crippen LogP contribution in [0.4, 0.5) is 0 Å². The van der Waals surface area contributed by atoms with Crippen LogP contribution in [-0.2, 0) is 4.74 Å². The maximum Gasteiger partial charge on any atom is 0.254 e. The van der Waals surface area contributed by atoms with Crippen molar-refractivity contribution >= 4 is 5.91 Å². The number of rotatable bonds is 4. The predicted molar refractivity (Wildman–Crippen MR) is 82.6 cm³/mol. The van der Waals surface area contributed by atoms with Gasteiger partial charge in [-0.1, -0.05) is 0 Å². The van der Waals surface area contributed by atoms with Crippen molar-refractivity contribution in [3.05, 3.63) is 23.8 Å². The van der Waals surface area contributed by atoms with E-state index in [0.29, 0.717) is 17.2 Å². The monoisotopic (exact) mass is 315 g/mol. The molecule has 0 N–H and O–H groups in total. The molecule has 1 aromatic rings. The lowest BCUT2D eigenvalue weighted by Gasteiger charge is -2.27. The molecule has 5 rings (SSSR count). The minimum atomic E-state index is 0.0931. The Morgan fingerprint density at radius 1 is 1.17 bits per heavy atom. The van der Waals surface area contributed by atoms with Crippen LogP contribution in [0.5, 0.6) is 11.5 Å². The number of hydrogen-bond acceptors (Lipinski definition) is 4. The van der Waals surface area contributed by atoms with Gasteiger partial charge >= 0.3 is 0 Å². The average molecular weight is 315 g/mol. The summed E-state index contributed by atoms with van der Waals surface area (Å²) in [5.41, 5.74) is 0.683. The fourth-order valence-corrected chi connectivity index (χ4v) is 4.15. The molecule has 23 heavy (non-hydrogen) atoms. The maximum absolute atomic E-state index is 12.9. The third-order valence-electron chi connectivity index (χ3n) is 5.61. The second-order valence-corrected chi connectivity index (χ2v) is 7.17. The molecule has 1 aromatic carbocycles. The Kier molecular flexibility index (Phi) is 3.05. The summed E-state index contributed by atoms with van der Waals surface area (Å²) in [6.45, 7) is 1.94. The molecule has 3 unspecified atom stereocenters. The first-order valence-electron chi connectivity index (χ1n) is 8.62. The molecule has 2 bridgehead atoms. The molecule has 5 nitrogen and oxygen atoms in total. The Bertz CT molecular complexity index is 642. The molecular formula is C18H21NO4. The quantitative estimate of drug-likeness (QED) is 0.856. The highest BCUT2D eigenvalue weighted by atomic mass is 16.7. The standard InChI is InChI=1S/C18H21NO4/c20-18(12-4-6-15-16(7-12)23-10-22-15)19-8-13-3-5-14(19)17(13)21-9-11-1-2-11/h4,6-7,11,13-14,17H,1-3,5,8-10H2. The summed E-state index contributed by atoms with van der Waals surface area (Å²) in [7, 11) is 0. The molecule has 0 spiro atoms. The zero-order chi connectivity index (χ0) is 15.4. The average Bonchev–Trinajstić information content (AvgIpc) is 3.03. The summed E-state index contributed by atoms with van der Waals surface area (Å²) in [4.78, 5) is 14.9. The highest BCUT2D eigenvalue weighted by molar-refractivity contribution is 5.95. The van der Waals surface area contributed by atoms with Gasteiger partial charge in [0.15, 0.2) is 11.5 Å².